The third-order valence-electron chi connectivity index (χ3n) is 3.23. The van der Waals surface area contributed by atoms with E-state index in [0.29, 0.717) is 18.7 Å². The number of hydrogen-bond donors (Lipinski definition) is 1. The molecule has 0 aliphatic rings. The van der Waals surface area contributed by atoms with Gasteiger partial charge in [-0.05, 0) is 37.6 Å². The van der Waals surface area contributed by atoms with Crippen LogP contribution in [0.1, 0.15) is 27.9 Å². The van der Waals surface area contributed by atoms with Crippen LogP contribution in [0.25, 0.3) is 0 Å². The number of ketones is 1. The van der Waals surface area contributed by atoms with E-state index >= 15 is 0 Å². The third-order valence-corrected chi connectivity index (χ3v) is 3.23. The highest BCUT2D eigenvalue weighted by molar-refractivity contribution is 5.97. The summed E-state index contributed by atoms with van der Waals surface area (Å²) in [6.45, 7) is 4.32. The Bertz CT molecular complexity index is 622. The van der Waals surface area contributed by atoms with Crippen molar-refractivity contribution < 1.29 is 9.18 Å². The largest absolute Gasteiger partial charge is 0.382 e. The molecule has 0 bridgehead atoms. The lowest BCUT2D eigenvalue weighted by atomic mass is 10.0. The van der Waals surface area contributed by atoms with Crippen LogP contribution in [0, 0.1) is 19.7 Å². The lowest BCUT2D eigenvalue weighted by molar-refractivity contribution is 0.0986. The van der Waals surface area contributed by atoms with Gasteiger partial charge in [0.15, 0.2) is 5.78 Å². The smallest absolute Gasteiger partial charge is 0.164 e. The molecule has 0 saturated carbocycles. The van der Waals surface area contributed by atoms with Gasteiger partial charge in [0.25, 0.3) is 0 Å². The van der Waals surface area contributed by atoms with E-state index in [1.807, 2.05) is 32.0 Å². The molecule has 0 atom stereocenters. The zero-order chi connectivity index (χ0) is 14.5. The summed E-state index contributed by atoms with van der Waals surface area (Å²) >= 11 is 0. The van der Waals surface area contributed by atoms with Crippen LogP contribution in [0.2, 0.25) is 0 Å². The average molecular weight is 271 g/mol. The molecule has 3 heteroatoms. The van der Waals surface area contributed by atoms with Crippen molar-refractivity contribution in [2.24, 2.45) is 0 Å². The summed E-state index contributed by atoms with van der Waals surface area (Å²) in [4.78, 5) is 12.2. The SMILES string of the molecule is Cc1ccc(C)c(C(=O)CCNc2ccccc2F)c1. The van der Waals surface area contributed by atoms with Crippen LogP contribution in [0.15, 0.2) is 42.5 Å². The highest BCUT2D eigenvalue weighted by Gasteiger charge is 2.09. The maximum absolute atomic E-state index is 13.4. The van der Waals surface area contributed by atoms with E-state index in [0.717, 1.165) is 16.7 Å². The molecule has 2 aromatic rings. The molecule has 2 rings (SSSR count). The fourth-order valence-electron chi connectivity index (χ4n) is 2.09. The summed E-state index contributed by atoms with van der Waals surface area (Å²) in [7, 11) is 0. The van der Waals surface area contributed by atoms with Gasteiger partial charge in [-0.1, -0.05) is 29.8 Å². The van der Waals surface area contributed by atoms with Gasteiger partial charge in [0, 0.05) is 18.5 Å². The van der Waals surface area contributed by atoms with Gasteiger partial charge in [-0.15, -0.1) is 0 Å². The van der Waals surface area contributed by atoms with Crippen molar-refractivity contribution in [1.29, 1.82) is 0 Å². The van der Waals surface area contributed by atoms with Gasteiger partial charge in [0.2, 0.25) is 0 Å². The fraction of sp³-hybridized carbons (Fsp3) is 0.235. The van der Waals surface area contributed by atoms with E-state index < -0.39 is 0 Å². The first kappa shape index (κ1) is 14.3. The summed E-state index contributed by atoms with van der Waals surface area (Å²) < 4.78 is 13.4. The van der Waals surface area contributed by atoms with E-state index in [1.54, 1.807) is 18.2 Å². The Morgan fingerprint density at radius 1 is 1.15 bits per heavy atom. The molecule has 1 N–H and O–H groups in total. The number of aryl methyl sites for hydroxylation is 2. The van der Waals surface area contributed by atoms with E-state index in [-0.39, 0.29) is 11.6 Å². The topological polar surface area (TPSA) is 29.1 Å². The average Bonchev–Trinajstić information content (AvgIpc) is 2.43. The molecule has 0 radical (unpaired) electrons. The van der Waals surface area contributed by atoms with Crippen LogP contribution in [0.4, 0.5) is 10.1 Å². The maximum Gasteiger partial charge on any atom is 0.164 e. The summed E-state index contributed by atoms with van der Waals surface area (Å²) in [5.74, 6) is -0.221. The number of carbonyl (C=O) groups excluding carboxylic acids is 1. The van der Waals surface area contributed by atoms with Gasteiger partial charge in [0.05, 0.1) is 5.69 Å². The molecule has 2 nitrogen and oxygen atoms in total. The van der Waals surface area contributed by atoms with Crippen LogP contribution in [-0.4, -0.2) is 12.3 Å². The number of nitrogens with one attached hydrogen (secondary N) is 1. The number of para-hydroxylation sites is 1. The quantitative estimate of drug-likeness (QED) is 0.828. The number of benzene rings is 2. The van der Waals surface area contributed by atoms with Crippen molar-refractivity contribution in [2.75, 3.05) is 11.9 Å². The Labute approximate surface area is 118 Å². The van der Waals surface area contributed by atoms with E-state index in [2.05, 4.69) is 5.32 Å². The lowest BCUT2D eigenvalue weighted by Gasteiger charge is -2.09. The van der Waals surface area contributed by atoms with E-state index in [9.17, 15) is 9.18 Å². The van der Waals surface area contributed by atoms with Gasteiger partial charge >= 0.3 is 0 Å². The Hall–Kier alpha value is -2.16. The minimum absolute atomic E-state index is 0.0787. The van der Waals surface area contributed by atoms with Crippen molar-refractivity contribution in [3.63, 3.8) is 0 Å². The Balaban J connectivity index is 1.96. The highest BCUT2D eigenvalue weighted by Crippen LogP contribution is 2.15. The first-order valence-electron chi connectivity index (χ1n) is 6.67. The minimum Gasteiger partial charge on any atom is -0.382 e. The van der Waals surface area contributed by atoms with Crippen molar-refractivity contribution in [2.45, 2.75) is 20.3 Å². The van der Waals surface area contributed by atoms with Crippen molar-refractivity contribution >= 4 is 11.5 Å². The predicted octanol–water partition coefficient (Wildman–Crippen LogP) is 4.13. The normalized spacial score (nSPS) is 10.3. The second-order valence-electron chi connectivity index (χ2n) is 4.90. The van der Waals surface area contributed by atoms with Crippen molar-refractivity contribution in [3.05, 3.63) is 65.0 Å². The standard InChI is InChI=1S/C17H18FNO/c1-12-7-8-13(2)14(11-12)17(20)9-10-19-16-6-4-3-5-15(16)18/h3-8,11,19H,9-10H2,1-2H3. The number of carbonyl (C=O) groups is 1. The first-order chi connectivity index (χ1) is 9.58. The third kappa shape index (κ3) is 3.44. The van der Waals surface area contributed by atoms with Crippen molar-refractivity contribution in [3.8, 4) is 0 Å². The van der Waals surface area contributed by atoms with E-state index in [4.69, 9.17) is 0 Å². The monoisotopic (exact) mass is 271 g/mol. The molecular formula is C17H18FNO. The minimum atomic E-state index is -0.299. The van der Waals surface area contributed by atoms with E-state index in [1.165, 1.54) is 6.07 Å². The number of hydrogen-bond acceptors (Lipinski definition) is 2. The molecule has 0 heterocycles. The van der Waals surface area contributed by atoms with Crippen LogP contribution in [0.3, 0.4) is 0 Å². The predicted molar refractivity (Wildman–Crippen MR) is 79.8 cm³/mol. The molecule has 0 aliphatic heterocycles. The molecule has 0 fully saturated rings. The van der Waals surface area contributed by atoms with Gasteiger partial charge in [-0.2, -0.15) is 0 Å². The summed E-state index contributed by atoms with van der Waals surface area (Å²) in [6.07, 6.45) is 0.346. The molecule has 0 aromatic heterocycles. The zero-order valence-electron chi connectivity index (χ0n) is 11.7. The van der Waals surface area contributed by atoms with Crippen LogP contribution >= 0.6 is 0 Å². The maximum atomic E-state index is 13.4. The molecular weight excluding hydrogens is 253 g/mol. The molecule has 0 amide bonds. The second-order valence-corrected chi connectivity index (χ2v) is 4.90. The Kier molecular flexibility index (Phi) is 4.51. The summed E-state index contributed by atoms with van der Waals surface area (Å²) in [5, 5.41) is 2.95. The fourth-order valence-corrected chi connectivity index (χ4v) is 2.09. The second kappa shape index (κ2) is 6.33. The van der Waals surface area contributed by atoms with Gasteiger partial charge in [-0.25, -0.2) is 4.39 Å². The van der Waals surface area contributed by atoms with Crippen LogP contribution in [0.5, 0.6) is 0 Å². The van der Waals surface area contributed by atoms with Crippen LogP contribution < -0.4 is 5.32 Å². The summed E-state index contributed by atoms with van der Waals surface area (Å²) in [5.41, 5.74) is 3.23. The molecule has 0 saturated heterocycles. The first-order valence-corrected chi connectivity index (χ1v) is 6.67. The zero-order valence-corrected chi connectivity index (χ0v) is 11.7. The number of anilines is 1. The number of Topliss-reactive ketones (excluding diaryl/α,β-unsaturated/α-hetero) is 1. The van der Waals surface area contributed by atoms with Gasteiger partial charge < -0.3 is 5.32 Å². The Morgan fingerprint density at radius 3 is 2.65 bits per heavy atom. The Morgan fingerprint density at radius 2 is 1.90 bits per heavy atom. The molecule has 0 unspecified atom stereocenters. The van der Waals surface area contributed by atoms with Gasteiger partial charge in [0.1, 0.15) is 5.82 Å². The lowest BCUT2D eigenvalue weighted by Crippen LogP contribution is -2.11. The molecule has 0 aliphatic carbocycles. The number of rotatable bonds is 5. The van der Waals surface area contributed by atoms with Crippen molar-refractivity contribution in [1.82, 2.24) is 0 Å². The highest BCUT2D eigenvalue weighted by atomic mass is 19.1. The molecule has 20 heavy (non-hydrogen) atoms. The van der Waals surface area contributed by atoms with Crippen LogP contribution in [-0.2, 0) is 0 Å². The molecule has 104 valence electrons. The van der Waals surface area contributed by atoms with Gasteiger partial charge in [-0.3, -0.25) is 4.79 Å². The molecule has 2 aromatic carbocycles. The summed E-state index contributed by atoms with van der Waals surface area (Å²) in [6, 6.07) is 12.3. The number of halogens is 1. The molecule has 0 spiro atoms.